The number of amides is 1. The zero-order valence-corrected chi connectivity index (χ0v) is 8.05. The molecule has 1 aliphatic carbocycles. The molecule has 1 unspecified atom stereocenters. The summed E-state index contributed by atoms with van der Waals surface area (Å²) in [5.74, 6) is 1.40. The molecule has 1 saturated carbocycles. The Labute approximate surface area is 74.5 Å². The third-order valence-electron chi connectivity index (χ3n) is 2.61. The van der Waals surface area contributed by atoms with Crippen LogP contribution in [0.2, 0.25) is 0 Å². The highest BCUT2D eigenvalue weighted by atomic mass is 16.1. The number of nitrogens with two attached hydrogens (primary N) is 1. The standard InChI is InChI=1S/C10H19NO/c1-7(2)3-6-9(10(11)12)8-4-5-8/h7-9H,3-6H2,1-2H3,(H2,11,12). The first kappa shape index (κ1) is 9.56. The smallest absolute Gasteiger partial charge is 0.220 e. The van der Waals surface area contributed by atoms with Crippen molar-refractivity contribution >= 4 is 5.91 Å². The van der Waals surface area contributed by atoms with Crippen molar-refractivity contribution in [1.29, 1.82) is 0 Å². The SMILES string of the molecule is CC(C)CCC(C(N)=O)C1CC1. The molecule has 2 N–H and O–H groups in total. The Morgan fingerprint density at radius 1 is 1.42 bits per heavy atom. The highest BCUT2D eigenvalue weighted by Gasteiger charge is 2.34. The van der Waals surface area contributed by atoms with E-state index in [9.17, 15) is 4.79 Å². The number of carbonyl (C=O) groups excluding carboxylic acids is 1. The second kappa shape index (κ2) is 3.92. The largest absolute Gasteiger partial charge is 0.369 e. The average molecular weight is 169 g/mol. The summed E-state index contributed by atoms with van der Waals surface area (Å²) in [5.41, 5.74) is 5.32. The Kier molecular flexibility index (Phi) is 3.12. The van der Waals surface area contributed by atoms with Crippen molar-refractivity contribution in [3.05, 3.63) is 0 Å². The lowest BCUT2D eigenvalue weighted by molar-refractivity contribution is -0.122. The van der Waals surface area contributed by atoms with Crippen LogP contribution in [0.15, 0.2) is 0 Å². The van der Waals surface area contributed by atoms with E-state index in [4.69, 9.17) is 5.73 Å². The predicted octanol–water partition coefficient (Wildman–Crippen LogP) is 1.93. The molecule has 0 saturated heterocycles. The highest BCUT2D eigenvalue weighted by Crippen LogP contribution is 2.39. The fourth-order valence-corrected chi connectivity index (χ4v) is 1.62. The topological polar surface area (TPSA) is 43.1 Å². The fraction of sp³-hybridized carbons (Fsp3) is 0.900. The summed E-state index contributed by atoms with van der Waals surface area (Å²) in [4.78, 5) is 11.0. The Balaban J connectivity index is 2.28. The van der Waals surface area contributed by atoms with Crippen LogP contribution in [-0.4, -0.2) is 5.91 Å². The molecule has 0 aromatic carbocycles. The maximum Gasteiger partial charge on any atom is 0.220 e. The first-order valence-corrected chi connectivity index (χ1v) is 4.90. The summed E-state index contributed by atoms with van der Waals surface area (Å²) < 4.78 is 0. The highest BCUT2D eigenvalue weighted by molar-refractivity contribution is 5.77. The minimum Gasteiger partial charge on any atom is -0.369 e. The van der Waals surface area contributed by atoms with Crippen LogP contribution in [0.5, 0.6) is 0 Å². The third-order valence-corrected chi connectivity index (χ3v) is 2.61. The van der Waals surface area contributed by atoms with Crippen LogP contribution in [0, 0.1) is 17.8 Å². The average Bonchev–Trinajstić information content (AvgIpc) is 2.69. The van der Waals surface area contributed by atoms with Gasteiger partial charge in [-0.3, -0.25) is 4.79 Å². The van der Waals surface area contributed by atoms with E-state index in [0.717, 1.165) is 12.8 Å². The van der Waals surface area contributed by atoms with Crippen molar-refractivity contribution in [2.75, 3.05) is 0 Å². The van der Waals surface area contributed by atoms with E-state index < -0.39 is 0 Å². The van der Waals surface area contributed by atoms with Gasteiger partial charge in [0.25, 0.3) is 0 Å². The van der Waals surface area contributed by atoms with Crippen LogP contribution < -0.4 is 5.73 Å². The number of hydrogen-bond donors (Lipinski definition) is 1. The minimum absolute atomic E-state index is 0.0850. The van der Waals surface area contributed by atoms with E-state index in [-0.39, 0.29) is 11.8 Å². The van der Waals surface area contributed by atoms with Gasteiger partial charge in [0.1, 0.15) is 0 Å². The van der Waals surface area contributed by atoms with Gasteiger partial charge in [0, 0.05) is 5.92 Å². The lowest BCUT2D eigenvalue weighted by Gasteiger charge is -2.12. The molecule has 0 heterocycles. The van der Waals surface area contributed by atoms with Gasteiger partial charge < -0.3 is 5.73 Å². The first-order valence-electron chi connectivity index (χ1n) is 4.90. The molecular formula is C10H19NO. The fourth-order valence-electron chi connectivity index (χ4n) is 1.62. The van der Waals surface area contributed by atoms with E-state index >= 15 is 0 Å². The Morgan fingerprint density at radius 3 is 2.33 bits per heavy atom. The quantitative estimate of drug-likeness (QED) is 0.671. The molecule has 0 aliphatic heterocycles. The van der Waals surface area contributed by atoms with Crippen molar-refractivity contribution in [2.24, 2.45) is 23.5 Å². The van der Waals surface area contributed by atoms with Crippen LogP contribution in [-0.2, 0) is 4.79 Å². The molecular weight excluding hydrogens is 150 g/mol. The summed E-state index contributed by atoms with van der Waals surface area (Å²) in [7, 11) is 0. The molecule has 1 rings (SSSR count). The predicted molar refractivity (Wildman–Crippen MR) is 49.5 cm³/mol. The summed E-state index contributed by atoms with van der Waals surface area (Å²) in [6, 6.07) is 0. The monoisotopic (exact) mass is 169 g/mol. The second-order valence-corrected chi connectivity index (χ2v) is 4.32. The molecule has 2 heteroatoms. The van der Waals surface area contributed by atoms with Crippen molar-refractivity contribution in [2.45, 2.75) is 39.5 Å². The third kappa shape index (κ3) is 2.84. The van der Waals surface area contributed by atoms with Crippen LogP contribution >= 0.6 is 0 Å². The zero-order valence-electron chi connectivity index (χ0n) is 8.05. The summed E-state index contributed by atoms with van der Waals surface area (Å²) in [6.07, 6.45) is 4.55. The van der Waals surface area contributed by atoms with Gasteiger partial charge in [-0.1, -0.05) is 20.3 Å². The van der Waals surface area contributed by atoms with Crippen molar-refractivity contribution in [3.8, 4) is 0 Å². The molecule has 0 aromatic heterocycles. The number of primary amides is 1. The minimum atomic E-state index is -0.0850. The maximum absolute atomic E-state index is 11.0. The molecule has 1 atom stereocenters. The molecule has 0 radical (unpaired) electrons. The van der Waals surface area contributed by atoms with Crippen LogP contribution in [0.3, 0.4) is 0 Å². The zero-order chi connectivity index (χ0) is 9.14. The Morgan fingerprint density at radius 2 is 2.00 bits per heavy atom. The molecule has 2 nitrogen and oxygen atoms in total. The molecule has 0 spiro atoms. The molecule has 1 amide bonds. The number of rotatable bonds is 5. The van der Waals surface area contributed by atoms with Crippen molar-refractivity contribution in [3.63, 3.8) is 0 Å². The van der Waals surface area contributed by atoms with Gasteiger partial charge in [0.15, 0.2) is 0 Å². The van der Waals surface area contributed by atoms with Gasteiger partial charge in [0.2, 0.25) is 5.91 Å². The van der Waals surface area contributed by atoms with E-state index in [1.165, 1.54) is 12.8 Å². The summed E-state index contributed by atoms with van der Waals surface area (Å²) in [6.45, 7) is 4.37. The van der Waals surface area contributed by atoms with Gasteiger partial charge in [-0.05, 0) is 31.1 Å². The molecule has 1 fully saturated rings. The molecule has 70 valence electrons. The van der Waals surface area contributed by atoms with Crippen LogP contribution in [0.25, 0.3) is 0 Å². The van der Waals surface area contributed by atoms with Gasteiger partial charge >= 0.3 is 0 Å². The molecule has 0 aromatic rings. The van der Waals surface area contributed by atoms with Gasteiger partial charge in [0.05, 0.1) is 0 Å². The lowest BCUT2D eigenvalue weighted by Crippen LogP contribution is -2.25. The summed E-state index contributed by atoms with van der Waals surface area (Å²) in [5, 5.41) is 0. The van der Waals surface area contributed by atoms with E-state index in [2.05, 4.69) is 13.8 Å². The normalized spacial score (nSPS) is 19.6. The Bertz CT molecular complexity index is 161. The number of hydrogen-bond acceptors (Lipinski definition) is 1. The second-order valence-electron chi connectivity index (χ2n) is 4.32. The molecule has 0 bridgehead atoms. The molecule has 12 heavy (non-hydrogen) atoms. The van der Waals surface area contributed by atoms with E-state index in [1.807, 2.05) is 0 Å². The van der Waals surface area contributed by atoms with Gasteiger partial charge in [-0.2, -0.15) is 0 Å². The van der Waals surface area contributed by atoms with E-state index in [1.54, 1.807) is 0 Å². The van der Waals surface area contributed by atoms with Crippen LogP contribution in [0.4, 0.5) is 0 Å². The van der Waals surface area contributed by atoms with Gasteiger partial charge in [-0.25, -0.2) is 0 Å². The summed E-state index contributed by atoms with van der Waals surface area (Å²) >= 11 is 0. The molecule has 1 aliphatic rings. The van der Waals surface area contributed by atoms with Crippen molar-refractivity contribution in [1.82, 2.24) is 0 Å². The maximum atomic E-state index is 11.0. The van der Waals surface area contributed by atoms with Crippen LogP contribution in [0.1, 0.15) is 39.5 Å². The lowest BCUT2D eigenvalue weighted by atomic mass is 9.93. The van der Waals surface area contributed by atoms with Gasteiger partial charge in [-0.15, -0.1) is 0 Å². The first-order chi connectivity index (χ1) is 5.61. The Hall–Kier alpha value is -0.530. The number of carbonyl (C=O) groups is 1. The van der Waals surface area contributed by atoms with Crippen molar-refractivity contribution < 1.29 is 4.79 Å². The van der Waals surface area contributed by atoms with E-state index in [0.29, 0.717) is 11.8 Å².